The Labute approximate surface area is 105 Å². The summed E-state index contributed by atoms with van der Waals surface area (Å²) in [4.78, 5) is 0. The minimum Gasteiger partial charge on any atom is -0.381 e. The summed E-state index contributed by atoms with van der Waals surface area (Å²) in [6, 6.07) is 4.59. The van der Waals surface area contributed by atoms with Gasteiger partial charge in [0.15, 0.2) is 5.60 Å². The molecule has 0 spiro atoms. The molecule has 0 saturated heterocycles. The topological polar surface area (TPSA) is 40.5 Å². The zero-order valence-electron chi connectivity index (χ0n) is 8.96. The van der Waals surface area contributed by atoms with Gasteiger partial charge in [0.25, 0.3) is 0 Å². The molecule has 0 aromatic heterocycles. The molecule has 16 heavy (non-hydrogen) atoms. The van der Waals surface area contributed by atoms with Crippen molar-refractivity contribution < 1.29 is 10.2 Å². The van der Waals surface area contributed by atoms with Crippen molar-refractivity contribution in [1.82, 2.24) is 0 Å². The Morgan fingerprint density at radius 3 is 2.19 bits per heavy atom. The minimum absolute atomic E-state index is 0.298. The summed E-state index contributed by atoms with van der Waals surface area (Å²) < 4.78 is 0. The molecule has 0 fully saturated rings. The van der Waals surface area contributed by atoms with Gasteiger partial charge in [0.05, 0.1) is 10.0 Å². The van der Waals surface area contributed by atoms with Crippen LogP contribution in [-0.4, -0.2) is 15.8 Å². The summed E-state index contributed by atoms with van der Waals surface area (Å²) in [6.45, 7) is 2.78. The van der Waals surface area contributed by atoms with Crippen LogP contribution in [-0.2, 0) is 5.60 Å². The molecule has 2 nitrogen and oxygen atoms in total. The standard InChI is InChI=1S/C12H12Cl2O2/c1-4-11(2,15)12(3,16)8-5-6-9(13)10(14)7-8/h1,5-7,15-16H,2-3H3. The average Bonchev–Trinajstić information content (AvgIpc) is 2.21. The summed E-state index contributed by atoms with van der Waals surface area (Å²) >= 11 is 11.6. The van der Waals surface area contributed by atoms with Gasteiger partial charge in [0, 0.05) is 0 Å². The Hall–Kier alpha value is -0.720. The van der Waals surface area contributed by atoms with Gasteiger partial charge in [-0.1, -0.05) is 35.2 Å². The summed E-state index contributed by atoms with van der Waals surface area (Å²) in [5, 5.41) is 20.8. The largest absolute Gasteiger partial charge is 0.381 e. The SMILES string of the molecule is C#CC(C)(O)C(C)(O)c1ccc(Cl)c(Cl)c1. The van der Waals surface area contributed by atoms with Crippen LogP contribution in [0.25, 0.3) is 0 Å². The molecule has 1 aromatic rings. The predicted molar refractivity (Wildman–Crippen MR) is 65.5 cm³/mol. The molecule has 2 unspecified atom stereocenters. The Morgan fingerprint density at radius 2 is 1.75 bits per heavy atom. The highest BCUT2D eigenvalue weighted by Gasteiger charge is 2.42. The number of rotatable bonds is 2. The lowest BCUT2D eigenvalue weighted by Gasteiger charge is -2.35. The second-order valence-electron chi connectivity index (χ2n) is 3.92. The summed E-state index contributed by atoms with van der Waals surface area (Å²) in [5.41, 5.74) is -2.88. The van der Waals surface area contributed by atoms with E-state index in [1.54, 1.807) is 12.1 Å². The Morgan fingerprint density at radius 1 is 1.19 bits per heavy atom. The van der Waals surface area contributed by atoms with Crippen molar-refractivity contribution in [2.75, 3.05) is 0 Å². The van der Waals surface area contributed by atoms with Gasteiger partial charge in [-0.25, -0.2) is 0 Å². The molecule has 0 aliphatic rings. The van der Waals surface area contributed by atoms with E-state index >= 15 is 0 Å². The van der Waals surface area contributed by atoms with E-state index in [0.29, 0.717) is 15.6 Å². The number of terminal acetylenes is 1. The van der Waals surface area contributed by atoms with Crippen LogP contribution in [0.4, 0.5) is 0 Å². The smallest absolute Gasteiger partial charge is 0.154 e. The van der Waals surface area contributed by atoms with Crippen molar-refractivity contribution >= 4 is 23.2 Å². The maximum absolute atomic E-state index is 10.2. The lowest BCUT2D eigenvalue weighted by atomic mass is 9.81. The number of hydrogen-bond donors (Lipinski definition) is 2. The highest BCUT2D eigenvalue weighted by molar-refractivity contribution is 6.42. The average molecular weight is 259 g/mol. The van der Waals surface area contributed by atoms with Crippen molar-refractivity contribution in [2.45, 2.75) is 25.0 Å². The quantitative estimate of drug-likeness (QED) is 0.801. The molecule has 86 valence electrons. The summed E-state index contributed by atoms with van der Waals surface area (Å²) in [5.74, 6) is 2.14. The van der Waals surface area contributed by atoms with E-state index < -0.39 is 11.2 Å². The van der Waals surface area contributed by atoms with Gasteiger partial charge in [-0.05, 0) is 31.5 Å². The molecule has 4 heteroatoms. The Kier molecular flexibility index (Phi) is 3.56. The van der Waals surface area contributed by atoms with Crippen molar-refractivity contribution in [3.8, 4) is 12.3 Å². The van der Waals surface area contributed by atoms with Crippen LogP contribution >= 0.6 is 23.2 Å². The van der Waals surface area contributed by atoms with Gasteiger partial charge in [-0.2, -0.15) is 0 Å². The van der Waals surface area contributed by atoms with E-state index in [-0.39, 0.29) is 0 Å². The molecule has 2 atom stereocenters. The van der Waals surface area contributed by atoms with Crippen LogP contribution in [0.5, 0.6) is 0 Å². The fourth-order valence-electron chi connectivity index (χ4n) is 1.22. The maximum Gasteiger partial charge on any atom is 0.154 e. The van der Waals surface area contributed by atoms with Crippen molar-refractivity contribution in [3.05, 3.63) is 33.8 Å². The summed E-state index contributed by atoms with van der Waals surface area (Å²) in [6.07, 6.45) is 5.18. The molecule has 0 amide bonds. The van der Waals surface area contributed by atoms with Gasteiger partial charge < -0.3 is 10.2 Å². The monoisotopic (exact) mass is 258 g/mol. The van der Waals surface area contributed by atoms with Crippen LogP contribution in [0.1, 0.15) is 19.4 Å². The van der Waals surface area contributed by atoms with Gasteiger partial charge in [0.2, 0.25) is 0 Å². The number of aliphatic hydroxyl groups is 2. The highest BCUT2D eigenvalue weighted by atomic mass is 35.5. The van der Waals surface area contributed by atoms with Gasteiger partial charge in [-0.3, -0.25) is 0 Å². The Balaban J connectivity index is 3.29. The van der Waals surface area contributed by atoms with E-state index in [1.165, 1.54) is 19.9 Å². The van der Waals surface area contributed by atoms with Crippen molar-refractivity contribution in [3.63, 3.8) is 0 Å². The molecular weight excluding hydrogens is 247 g/mol. The minimum atomic E-state index is -1.69. The first-order valence-electron chi connectivity index (χ1n) is 4.60. The van der Waals surface area contributed by atoms with E-state index in [4.69, 9.17) is 29.6 Å². The molecular formula is C12H12Cl2O2. The first kappa shape index (κ1) is 13.3. The fraction of sp³-hybridized carbons (Fsp3) is 0.333. The second-order valence-corrected chi connectivity index (χ2v) is 4.73. The Bertz CT molecular complexity index is 445. The number of benzene rings is 1. The molecule has 0 aliphatic carbocycles. The molecule has 0 radical (unpaired) electrons. The third-order valence-corrected chi connectivity index (χ3v) is 3.45. The molecule has 1 aromatic carbocycles. The van der Waals surface area contributed by atoms with Gasteiger partial charge in [0.1, 0.15) is 5.60 Å². The lowest BCUT2D eigenvalue weighted by Crippen LogP contribution is -2.46. The highest BCUT2D eigenvalue weighted by Crippen LogP contribution is 2.35. The first-order valence-corrected chi connectivity index (χ1v) is 5.36. The van der Waals surface area contributed by atoms with Crippen molar-refractivity contribution in [2.24, 2.45) is 0 Å². The molecule has 0 aliphatic heterocycles. The fourth-order valence-corrected chi connectivity index (χ4v) is 1.52. The zero-order chi connectivity index (χ0) is 12.6. The van der Waals surface area contributed by atoms with Crippen LogP contribution in [0.15, 0.2) is 18.2 Å². The predicted octanol–water partition coefficient (Wildman–Crippen LogP) is 2.59. The maximum atomic E-state index is 10.2. The van der Waals surface area contributed by atoms with E-state index in [1.807, 2.05) is 0 Å². The third kappa shape index (κ3) is 2.18. The number of halogens is 2. The zero-order valence-corrected chi connectivity index (χ0v) is 10.5. The molecule has 1 rings (SSSR count). The van der Waals surface area contributed by atoms with Crippen LogP contribution < -0.4 is 0 Å². The molecule has 0 heterocycles. The van der Waals surface area contributed by atoms with Crippen LogP contribution in [0, 0.1) is 12.3 Å². The number of hydrogen-bond acceptors (Lipinski definition) is 2. The van der Waals surface area contributed by atoms with E-state index in [2.05, 4.69) is 5.92 Å². The van der Waals surface area contributed by atoms with Gasteiger partial charge >= 0.3 is 0 Å². The van der Waals surface area contributed by atoms with E-state index in [0.717, 1.165) is 0 Å². The van der Waals surface area contributed by atoms with E-state index in [9.17, 15) is 10.2 Å². The third-order valence-electron chi connectivity index (χ3n) is 2.71. The van der Waals surface area contributed by atoms with Gasteiger partial charge in [-0.15, -0.1) is 6.42 Å². The lowest BCUT2D eigenvalue weighted by molar-refractivity contribution is -0.100. The van der Waals surface area contributed by atoms with Crippen molar-refractivity contribution in [1.29, 1.82) is 0 Å². The molecule has 0 bridgehead atoms. The molecule has 0 saturated carbocycles. The first-order chi connectivity index (χ1) is 7.22. The van der Waals surface area contributed by atoms with Crippen LogP contribution in [0.2, 0.25) is 10.0 Å². The molecule has 2 N–H and O–H groups in total. The van der Waals surface area contributed by atoms with Crippen LogP contribution in [0.3, 0.4) is 0 Å². The second kappa shape index (κ2) is 4.27. The summed E-state index contributed by atoms with van der Waals surface area (Å²) in [7, 11) is 0. The normalized spacial score (nSPS) is 18.3.